The molecule has 1 N–H and O–H groups in total. The van der Waals surface area contributed by atoms with E-state index in [0.29, 0.717) is 11.7 Å². The average molecular weight is 345 g/mol. The summed E-state index contributed by atoms with van der Waals surface area (Å²) in [5.41, 5.74) is 0.785. The van der Waals surface area contributed by atoms with Crippen LogP contribution in [0.3, 0.4) is 0 Å². The molecule has 8 heteroatoms. The number of methoxy groups -OCH3 is 1. The van der Waals surface area contributed by atoms with Crippen LogP contribution >= 0.6 is 0 Å². The van der Waals surface area contributed by atoms with Crippen molar-refractivity contribution >= 4 is 11.9 Å². The van der Waals surface area contributed by atoms with Gasteiger partial charge in [0.25, 0.3) is 0 Å². The number of hydrogen-bond donors (Lipinski definition) is 1. The largest absolute Gasteiger partial charge is 0.497 e. The molecule has 1 aromatic carbocycles. The van der Waals surface area contributed by atoms with Gasteiger partial charge in [0.1, 0.15) is 12.3 Å². The minimum Gasteiger partial charge on any atom is -0.497 e. The molecule has 25 heavy (non-hydrogen) atoms. The van der Waals surface area contributed by atoms with E-state index in [1.165, 1.54) is 4.90 Å². The first-order valence-electron chi connectivity index (χ1n) is 8.05. The predicted octanol–water partition coefficient (Wildman–Crippen LogP) is 1.75. The van der Waals surface area contributed by atoms with Crippen molar-refractivity contribution in [3.8, 4) is 17.1 Å². The molecular formula is C17H19N3O5. The number of rotatable bonds is 8. The first kappa shape index (κ1) is 16.9. The number of amides is 1. The quantitative estimate of drug-likeness (QED) is 0.777. The fourth-order valence-electron chi connectivity index (χ4n) is 2.52. The number of aliphatic carboxylic acids is 1. The van der Waals surface area contributed by atoms with Crippen molar-refractivity contribution in [3.63, 3.8) is 0 Å². The predicted molar refractivity (Wildman–Crippen MR) is 87.0 cm³/mol. The van der Waals surface area contributed by atoms with E-state index in [-0.39, 0.29) is 31.3 Å². The third-order valence-electron chi connectivity index (χ3n) is 3.98. The Morgan fingerprint density at radius 3 is 2.64 bits per heavy atom. The second-order valence-electron chi connectivity index (χ2n) is 5.89. The minimum atomic E-state index is -1.00. The fraction of sp³-hybridized carbons (Fsp3) is 0.412. The van der Waals surface area contributed by atoms with Gasteiger partial charge in [-0.15, -0.1) is 0 Å². The Kier molecular flexibility index (Phi) is 4.97. The summed E-state index contributed by atoms with van der Waals surface area (Å²) in [6.45, 7) is -0.259. The third kappa shape index (κ3) is 4.34. The number of nitrogens with zero attached hydrogens (tertiary/aromatic N) is 3. The number of benzene rings is 1. The molecular weight excluding hydrogens is 326 g/mol. The lowest BCUT2D eigenvalue weighted by Crippen LogP contribution is -2.37. The van der Waals surface area contributed by atoms with Gasteiger partial charge in [-0.1, -0.05) is 5.16 Å². The normalized spacial score (nSPS) is 13.5. The highest BCUT2D eigenvalue weighted by Crippen LogP contribution is 2.27. The first-order chi connectivity index (χ1) is 12.1. The summed E-state index contributed by atoms with van der Waals surface area (Å²) < 4.78 is 10.3. The lowest BCUT2D eigenvalue weighted by molar-refractivity contribution is -0.144. The molecule has 1 saturated carbocycles. The van der Waals surface area contributed by atoms with Gasteiger partial charge in [0, 0.05) is 24.4 Å². The van der Waals surface area contributed by atoms with Crippen LogP contribution in [0.5, 0.6) is 5.75 Å². The van der Waals surface area contributed by atoms with Crippen molar-refractivity contribution in [2.45, 2.75) is 31.7 Å². The second kappa shape index (κ2) is 7.33. The molecule has 132 valence electrons. The van der Waals surface area contributed by atoms with Crippen LogP contribution in [0, 0.1) is 0 Å². The van der Waals surface area contributed by atoms with E-state index < -0.39 is 5.97 Å². The molecule has 0 aliphatic heterocycles. The van der Waals surface area contributed by atoms with Crippen molar-refractivity contribution in [2.24, 2.45) is 0 Å². The number of carboxylic acid groups (broad SMARTS) is 1. The summed E-state index contributed by atoms with van der Waals surface area (Å²) in [4.78, 5) is 28.8. The van der Waals surface area contributed by atoms with Gasteiger partial charge in [-0.25, -0.2) is 0 Å². The molecule has 1 heterocycles. The van der Waals surface area contributed by atoms with Crippen LogP contribution in [0.15, 0.2) is 28.8 Å². The smallest absolute Gasteiger partial charge is 0.323 e. The van der Waals surface area contributed by atoms with E-state index in [9.17, 15) is 9.59 Å². The topological polar surface area (TPSA) is 106 Å². The molecule has 0 atom stereocenters. The molecule has 0 bridgehead atoms. The standard InChI is InChI=1S/C17H19N3O5/c1-24-13-6-2-11(3-7-13)17-18-14(25-19-17)8-9-15(21)20(10-16(22)23)12-4-5-12/h2-3,6-7,12H,4-5,8-10H2,1H3,(H,22,23). The molecule has 1 aromatic heterocycles. The number of ether oxygens (including phenoxy) is 1. The molecule has 0 saturated heterocycles. The minimum absolute atomic E-state index is 0.0566. The maximum Gasteiger partial charge on any atom is 0.323 e. The van der Waals surface area contributed by atoms with Gasteiger partial charge in [0.15, 0.2) is 0 Å². The van der Waals surface area contributed by atoms with Crippen LogP contribution in [0.2, 0.25) is 0 Å². The van der Waals surface area contributed by atoms with Crippen molar-refractivity contribution < 1.29 is 24.0 Å². The van der Waals surface area contributed by atoms with Gasteiger partial charge in [-0.05, 0) is 37.1 Å². The first-order valence-corrected chi connectivity index (χ1v) is 8.05. The number of aromatic nitrogens is 2. The van der Waals surface area contributed by atoms with Crippen molar-refractivity contribution in [1.29, 1.82) is 0 Å². The molecule has 1 aliphatic carbocycles. The van der Waals surface area contributed by atoms with E-state index >= 15 is 0 Å². The summed E-state index contributed by atoms with van der Waals surface area (Å²) in [5.74, 6) is 0.325. The maximum absolute atomic E-state index is 12.2. The molecule has 0 unspecified atom stereocenters. The molecule has 2 aromatic rings. The SMILES string of the molecule is COc1ccc(-c2noc(CCC(=O)N(CC(=O)O)C3CC3)n2)cc1. The number of carbonyl (C=O) groups excluding carboxylic acids is 1. The number of carbonyl (C=O) groups is 2. The van der Waals surface area contributed by atoms with Gasteiger partial charge in [-0.2, -0.15) is 4.98 Å². The van der Waals surface area contributed by atoms with Crippen molar-refractivity contribution in [1.82, 2.24) is 15.0 Å². The Balaban J connectivity index is 1.59. The Bertz CT molecular complexity index is 752. The summed E-state index contributed by atoms with van der Waals surface area (Å²) in [7, 11) is 1.59. The van der Waals surface area contributed by atoms with E-state index in [2.05, 4.69) is 10.1 Å². The molecule has 8 nitrogen and oxygen atoms in total. The van der Waals surface area contributed by atoms with Crippen LogP contribution in [-0.2, 0) is 16.0 Å². The fourth-order valence-corrected chi connectivity index (χ4v) is 2.52. The van der Waals surface area contributed by atoms with Crippen molar-refractivity contribution in [3.05, 3.63) is 30.2 Å². The maximum atomic E-state index is 12.2. The molecule has 1 aliphatic rings. The second-order valence-corrected chi connectivity index (χ2v) is 5.89. The average Bonchev–Trinajstić information content (AvgIpc) is 3.35. The molecule has 1 amide bonds. The lowest BCUT2D eigenvalue weighted by atomic mass is 10.2. The molecule has 1 fully saturated rings. The van der Waals surface area contributed by atoms with Gasteiger partial charge in [0.05, 0.1) is 7.11 Å². The van der Waals surface area contributed by atoms with Crippen LogP contribution in [0.1, 0.15) is 25.2 Å². The summed E-state index contributed by atoms with van der Waals surface area (Å²) in [6, 6.07) is 7.30. The third-order valence-corrected chi connectivity index (χ3v) is 3.98. The van der Waals surface area contributed by atoms with Crippen LogP contribution in [0.4, 0.5) is 0 Å². The van der Waals surface area contributed by atoms with E-state index in [1.54, 1.807) is 19.2 Å². The Morgan fingerprint density at radius 2 is 2.04 bits per heavy atom. The zero-order valence-electron chi connectivity index (χ0n) is 13.8. The van der Waals surface area contributed by atoms with Gasteiger partial charge in [-0.3, -0.25) is 9.59 Å². The summed E-state index contributed by atoms with van der Waals surface area (Å²) >= 11 is 0. The molecule has 3 rings (SSSR count). The lowest BCUT2D eigenvalue weighted by Gasteiger charge is -2.19. The zero-order valence-corrected chi connectivity index (χ0v) is 13.8. The highest BCUT2D eigenvalue weighted by atomic mass is 16.5. The molecule has 0 radical (unpaired) electrons. The van der Waals surface area contributed by atoms with Crippen LogP contribution < -0.4 is 4.74 Å². The van der Waals surface area contributed by atoms with Crippen molar-refractivity contribution in [2.75, 3.05) is 13.7 Å². The highest BCUT2D eigenvalue weighted by molar-refractivity contribution is 5.82. The summed E-state index contributed by atoms with van der Waals surface area (Å²) in [6.07, 6.45) is 2.15. The van der Waals surface area contributed by atoms with Gasteiger partial charge in [0.2, 0.25) is 17.6 Å². The summed E-state index contributed by atoms with van der Waals surface area (Å²) in [5, 5.41) is 12.8. The van der Waals surface area contributed by atoms with E-state index in [0.717, 1.165) is 24.2 Å². The highest BCUT2D eigenvalue weighted by Gasteiger charge is 2.33. The van der Waals surface area contributed by atoms with Crippen LogP contribution in [0.25, 0.3) is 11.4 Å². The number of carboxylic acids is 1. The molecule has 0 spiro atoms. The van der Waals surface area contributed by atoms with Crippen LogP contribution in [-0.4, -0.2) is 51.7 Å². The Hall–Kier alpha value is -2.90. The number of aryl methyl sites for hydroxylation is 1. The van der Waals surface area contributed by atoms with E-state index in [4.69, 9.17) is 14.4 Å². The van der Waals surface area contributed by atoms with Gasteiger partial charge >= 0.3 is 5.97 Å². The monoisotopic (exact) mass is 345 g/mol. The van der Waals surface area contributed by atoms with E-state index in [1.807, 2.05) is 12.1 Å². The zero-order chi connectivity index (χ0) is 17.8. The van der Waals surface area contributed by atoms with Gasteiger partial charge < -0.3 is 19.3 Å². The Morgan fingerprint density at radius 1 is 1.32 bits per heavy atom. The Labute approximate surface area is 144 Å². The number of hydrogen-bond acceptors (Lipinski definition) is 6.